The number of alkyl halides is 3. The molecule has 0 bridgehead atoms. The fraction of sp³-hybridized carbons (Fsp3) is 0.188. The minimum Gasteiger partial charge on any atom is -0.495 e. The number of hydrogen-bond acceptors (Lipinski definition) is 2. The maximum Gasteiger partial charge on any atom is 0.416 e. The number of ether oxygens (including phenoxy) is 1. The minimum atomic E-state index is -4.39. The van der Waals surface area contributed by atoms with Crippen molar-refractivity contribution in [2.45, 2.75) is 12.6 Å². The van der Waals surface area contributed by atoms with Gasteiger partial charge in [-0.3, -0.25) is 4.79 Å². The zero-order valence-electron chi connectivity index (χ0n) is 12.1. The largest absolute Gasteiger partial charge is 0.495 e. The lowest BCUT2D eigenvalue weighted by molar-refractivity contribution is -0.137. The highest BCUT2D eigenvalue weighted by molar-refractivity contribution is 6.31. The fourth-order valence-corrected chi connectivity index (χ4v) is 2.14. The van der Waals surface area contributed by atoms with Crippen LogP contribution >= 0.6 is 11.6 Å². The zero-order chi connectivity index (χ0) is 17.0. The number of anilines is 1. The van der Waals surface area contributed by atoms with Crippen molar-refractivity contribution in [3.63, 3.8) is 0 Å². The lowest BCUT2D eigenvalue weighted by Crippen LogP contribution is -2.15. The van der Waals surface area contributed by atoms with Gasteiger partial charge in [0, 0.05) is 5.02 Å². The van der Waals surface area contributed by atoms with Gasteiger partial charge in [-0.15, -0.1) is 0 Å². The van der Waals surface area contributed by atoms with Crippen molar-refractivity contribution in [2.24, 2.45) is 0 Å². The second-order valence-corrected chi connectivity index (χ2v) is 5.20. The Hall–Kier alpha value is -2.21. The van der Waals surface area contributed by atoms with Crippen LogP contribution < -0.4 is 10.1 Å². The molecule has 0 heterocycles. The molecule has 2 rings (SSSR count). The van der Waals surface area contributed by atoms with Crippen LogP contribution in [0.4, 0.5) is 18.9 Å². The molecule has 122 valence electrons. The summed E-state index contributed by atoms with van der Waals surface area (Å²) in [5.41, 5.74) is 0.117. The van der Waals surface area contributed by atoms with E-state index in [1.807, 2.05) is 0 Å². The molecule has 23 heavy (non-hydrogen) atoms. The van der Waals surface area contributed by atoms with E-state index in [-0.39, 0.29) is 12.3 Å². The summed E-state index contributed by atoms with van der Waals surface area (Å²) in [4.78, 5) is 12.0. The summed E-state index contributed by atoms with van der Waals surface area (Å²) in [7, 11) is 1.45. The standard InChI is InChI=1S/C16H13ClF3NO2/c1-23-14-7-6-12(17)9-13(14)21-15(22)8-10-2-4-11(5-3-10)16(18,19)20/h2-7,9H,8H2,1H3,(H,21,22). The first-order valence-electron chi connectivity index (χ1n) is 6.59. The molecule has 7 heteroatoms. The third-order valence-electron chi connectivity index (χ3n) is 3.08. The van der Waals surface area contributed by atoms with Crippen molar-refractivity contribution in [3.8, 4) is 5.75 Å². The molecule has 1 amide bonds. The van der Waals surface area contributed by atoms with Crippen molar-refractivity contribution in [1.82, 2.24) is 0 Å². The molecular formula is C16H13ClF3NO2. The van der Waals surface area contributed by atoms with E-state index >= 15 is 0 Å². The van der Waals surface area contributed by atoms with Crippen molar-refractivity contribution < 1.29 is 22.7 Å². The Bertz CT molecular complexity index is 699. The van der Waals surface area contributed by atoms with Crippen LogP contribution in [0.15, 0.2) is 42.5 Å². The quantitative estimate of drug-likeness (QED) is 0.884. The van der Waals surface area contributed by atoms with E-state index < -0.39 is 11.7 Å². The summed E-state index contributed by atoms with van der Waals surface area (Å²) >= 11 is 5.86. The Labute approximate surface area is 136 Å². The number of amides is 1. The van der Waals surface area contributed by atoms with Gasteiger partial charge in [-0.2, -0.15) is 13.2 Å². The lowest BCUT2D eigenvalue weighted by atomic mass is 10.1. The molecule has 0 saturated heterocycles. The first kappa shape index (κ1) is 17.1. The normalized spacial score (nSPS) is 11.2. The SMILES string of the molecule is COc1ccc(Cl)cc1NC(=O)Cc1ccc(C(F)(F)F)cc1. The van der Waals surface area contributed by atoms with Gasteiger partial charge in [-0.25, -0.2) is 0 Å². The predicted molar refractivity (Wildman–Crippen MR) is 81.8 cm³/mol. The van der Waals surface area contributed by atoms with Crippen molar-refractivity contribution in [2.75, 3.05) is 12.4 Å². The third-order valence-corrected chi connectivity index (χ3v) is 3.32. The number of hydrogen-bond donors (Lipinski definition) is 1. The second kappa shape index (κ2) is 6.91. The predicted octanol–water partition coefficient (Wildman–Crippen LogP) is 4.55. The van der Waals surface area contributed by atoms with Crippen molar-refractivity contribution >= 4 is 23.2 Å². The van der Waals surface area contributed by atoms with Crippen LogP contribution in [0.5, 0.6) is 5.75 Å². The maximum absolute atomic E-state index is 12.5. The van der Waals surface area contributed by atoms with E-state index in [1.54, 1.807) is 12.1 Å². The molecule has 0 saturated carbocycles. The first-order chi connectivity index (χ1) is 10.8. The lowest BCUT2D eigenvalue weighted by Gasteiger charge is -2.11. The van der Waals surface area contributed by atoms with Crippen LogP contribution in [0.25, 0.3) is 0 Å². The smallest absolute Gasteiger partial charge is 0.416 e. The number of carbonyl (C=O) groups excluding carboxylic acids is 1. The summed E-state index contributed by atoms with van der Waals surface area (Å²) in [6.45, 7) is 0. The molecule has 0 aliphatic heterocycles. The third kappa shape index (κ3) is 4.63. The van der Waals surface area contributed by atoms with Gasteiger partial charge < -0.3 is 10.1 Å². The molecule has 3 nitrogen and oxygen atoms in total. The Morgan fingerprint density at radius 2 is 1.83 bits per heavy atom. The molecule has 0 aliphatic carbocycles. The topological polar surface area (TPSA) is 38.3 Å². The van der Waals surface area contributed by atoms with Crippen LogP contribution in [0.2, 0.25) is 5.02 Å². The van der Waals surface area contributed by atoms with Gasteiger partial charge in [-0.05, 0) is 35.9 Å². The molecule has 2 aromatic carbocycles. The molecular weight excluding hydrogens is 331 g/mol. The molecule has 0 unspecified atom stereocenters. The van der Waals surface area contributed by atoms with E-state index in [0.717, 1.165) is 12.1 Å². The minimum absolute atomic E-state index is 0.0617. The number of methoxy groups -OCH3 is 1. The van der Waals surface area contributed by atoms with Crippen LogP contribution in [-0.4, -0.2) is 13.0 Å². The van der Waals surface area contributed by atoms with E-state index in [4.69, 9.17) is 16.3 Å². The fourth-order valence-electron chi connectivity index (χ4n) is 1.97. The maximum atomic E-state index is 12.5. The Morgan fingerprint density at radius 3 is 2.39 bits per heavy atom. The van der Waals surface area contributed by atoms with E-state index in [0.29, 0.717) is 22.0 Å². The van der Waals surface area contributed by atoms with Crippen LogP contribution in [-0.2, 0) is 17.4 Å². The number of benzene rings is 2. The number of nitrogens with one attached hydrogen (secondary N) is 1. The summed E-state index contributed by atoms with van der Waals surface area (Å²) in [5, 5.41) is 3.05. The summed E-state index contributed by atoms with van der Waals surface area (Å²) in [6, 6.07) is 9.20. The molecule has 0 radical (unpaired) electrons. The molecule has 0 atom stereocenters. The number of carbonyl (C=O) groups is 1. The Kier molecular flexibility index (Phi) is 5.15. The van der Waals surface area contributed by atoms with E-state index in [9.17, 15) is 18.0 Å². The number of halogens is 4. The highest BCUT2D eigenvalue weighted by atomic mass is 35.5. The van der Waals surface area contributed by atoms with Gasteiger partial charge in [0.15, 0.2) is 0 Å². The van der Waals surface area contributed by atoms with Crippen LogP contribution in [0.1, 0.15) is 11.1 Å². The van der Waals surface area contributed by atoms with Gasteiger partial charge in [0.25, 0.3) is 0 Å². The summed E-state index contributed by atoms with van der Waals surface area (Å²) < 4.78 is 42.6. The molecule has 1 N–H and O–H groups in total. The van der Waals surface area contributed by atoms with Gasteiger partial charge in [-0.1, -0.05) is 23.7 Å². The van der Waals surface area contributed by atoms with Crippen LogP contribution in [0.3, 0.4) is 0 Å². The van der Waals surface area contributed by atoms with E-state index in [2.05, 4.69) is 5.32 Å². The zero-order valence-corrected chi connectivity index (χ0v) is 12.8. The summed E-state index contributed by atoms with van der Waals surface area (Å²) in [6.07, 6.45) is -4.46. The Balaban J connectivity index is 2.07. The molecule has 2 aromatic rings. The average molecular weight is 344 g/mol. The molecule has 0 spiro atoms. The molecule has 0 aromatic heterocycles. The number of rotatable bonds is 4. The van der Waals surface area contributed by atoms with Gasteiger partial charge >= 0.3 is 6.18 Å². The van der Waals surface area contributed by atoms with Crippen LogP contribution in [0, 0.1) is 0 Å². The average Bonchev–Trinajstić information content (AvgIpc) is 2.47. The van der Waals surface area contributed by atoms with Crippen molar-refractivity contribution in [3.05, 3.63) is 58.6 Å². The highest BCUT2D eigenvalue weighted by Crippen LogP contribution is 2.30. The highest BCUT2D eigenvalue weighted by Gasteiger charge is 2.29. The first-order valence-corrected chi connectivity index (χ1v) is 6.97. The second-order valence-electron chi connectivity index (χ2n) is 4.76. The Morgan fingerprint density at radius 1 is 1.17 bits per heavy atom. The monoisotopic (exact) mass is 343 g/mol. The summed E-state index contributed by atoms with van der Waals surface area (Å²) in [5.74, 6) is 0.0560. The molecule has 0 fully saturated rings. The van der Waals surface area contributed by atoms with Gasteiger partial charge in [0.05, 0.1) is 24.8 Å². The van der Waals surface area contributed by atoms with E-state index in [1.165, 1.54) is 25.3 Å². The van der Waals surface area contributed by atoms with Crippen molar-refractivity contribution in [1.29, 1.82) is 0 Å². The van der Waals surface area contributed by atoms with Gasteiger partial charge in [0.1, 0.15) is 5.75 Å². The van der Waals surface area contributed by atoms with Gasteiger partial charge in [0.2, 0.25) is 5.91 Å². The molecule has 0 aliphatic rings.